The second-order valence-corrected chi connectivity index (χ2v) is 5.30. The molecule has 0 bridgehead atoms. The van der Waals surface area contributed by atoms with Crippen molar-refractivity contribution in [3.63, 3.8) is 0 Å². The molecular formula is C10H9FN2O3S. The van der Waals surface area contributed by atoms with Crippen LogP contribution >= 0.6 is 0 Å². The summed E-state index contributed by atoms with van der Waals surface area (Å²) in [5.41, 5.74) is -0.301. The van der Waals surface area contributed by atoms with E-state index in [0.717, 1.165) is 22.7 Å². The fraction of sp³-hybridized carbons (Fsp3) is 0.300. The lowest BCUT2D eigenvalue weighted by Crippen LogP contribution is -2.26. The Bertz CT molecular complexity index is 574. The highest BCUT2D eigenvalue weighted by atomic mass is 32.2. The maximum absolute atomic E-state index is 13.1. The Hall–Kier alpha value is -1.49. The van der Waals surface area contributed by atoms with Crippen molar-refractivity contribution in [3.8, 4) is 6.07 Å². The van der Waals surface area contributed by atoms with Gasteiger partial charge in [0.25, 0.3) is 10.0 Å². The zero-order valence-corrected chi connectivity index (χ0v) is 9.58. The van der Waals surface area contributed by atoms with E-state index in [1.165, 1.54) is 0 Å². The van der Waals surface area contributed by atoms with Crippen LogP contribution in [0.3, 0.4) is 0 Å². The molecule has 0 N–H and O–H groups in total. The monoisotopic (exact) mass is 256 g/mol. The predicted octanol–water partition coefficient (Wildman–Crippen LogP) is 1.02. The molecule has 7 heteroatoms. The molecule has 1 heterocycles. The summed E-state index contributed by atoms with van der Waals surface area (Å²) in [4.78, 5) is 4.80. The van der Waals surface area contributed by atoms with Crippen molar-refractivity contribution in [1.82, 2.24) is 4.47 Å². The molecule has 1 fully saturated rings. The maximum atomic E-state index is 13.1. The number of benzene rings is 1. The van der Waals surface area contributed by atoms with Crippen molar-refractivity contribution >= 4 is 10.0 Å². The largest absolute Gasteiger partial charge is 0.284 e. The molecule has 0 radical (unpaired) electrons. The van der Waals surface area contributed by atoms with Crippen molar-refractivity contribution in [2.24, 2.45) is 0 Å². The van der Waals surface area contributed by atoms with Crippen LogP contribution in [-0.4, -0.2) is 26.0 Å². The minimum Gasteiger partial charge on any atom is -0.284 e. The molecule has 5 nitrogen and oxygen atoms in total. The molecular weight excluding hydrogens is 247 g/mol. The number of nitrogens with zero attached hydrogens (tertiary/aromatic N) is 2. The highest BCUT2D eigenvalue weighted by Gasteiger charge is 2.29. The number of hydrogen-bond acceptors (Lipinski definition) is 4. The Morgan fingerprint density at radius 3 is 2.82 bits per heavy atom. The summed E-state index contributed by atoms with van der Waals surface area (Å²) in [6.45, 7) is 0.604. The number of hydrogen-bond donors (Lipinski definition) is 0. The molecule has 0 aromatic heterocycles. The summed E-state index contributed by atoms with van der Waals surface area (Å²) in [5.74, 6) is -0.742. The summed E-state index contributed by atoms with van der Waals surface area (Å²) in [6, 6.07) is 4.68. The lowest BCUT2D eigenvalue weighted by molar-refractivity contribution is -0.0284. The van der Waals surface area contributed by atoms with Crippen LogP contribution in [0.25, 0.3) is 0 Å². The fourth-order valence-electron chi connectivity index (χ4n) is 1.48. The van der Waals surface area contributed by atoms with Crippen LogP contribution in [0.15, 0.2) is 23.1 Å². The summed E-state index contributed by atoms with van der Waals surface area (Å²) >= 11 is 0. The van der Waals surface area contributed by atoms with Crippen molar-refractivity contribution in [1.29, 1.82) is 5.26 Å². The first-order chi connectivity index (χ1) is 8.05. The zero-order valence-electron chi connectivity index (χ0n) is 8.76. The van der Waals surface area contributed by atoms with Crippen LogP contribution in [0.2, 0.25) is 0 Å². The van der Waals surface area contributed by atoms with Crippen molar-refractivity contribution in [2.45, 2.75) is 11.3 Å². The average Bonchev–Trinajstić information content (AvgIpc) is 2.83. The van der Waals surface area contributed by atoms with Gasteiger partial charge in [0, 0.05) is 6.54 Å². The predicted molar refractivity (Wildman–Crippen MR) is 55.6 cm³/mol. The van der Waals surface area contributed by atoms with Crippen LogP contribution in [-0.2, 0) is 14.9 Å². The van der Waals surface area contributed by atoms with Gasteiger partial charge in [0.1, 0.15) is 11.9 Å². The molecule has 1 aliphatic heterocycles. The molecule has 0 spiro atoms. The molecule has 1 aromatic carbocycles. The molecule has 1 saturated heterocycles. The molecule has 1 aliphatic rings. The first kappa shape index (κ1) is 12.0. The third-order valence-corrected chi connectivity index (χ3v) is 4.02. The summed E-state index contributed by atoms with van der Waals surface area (Å²) in [7, 11) is -3.79. The Morgan fingerprint density at radius 2 is 2.24 bits per heavy atom. The van der Waals surface area contributed by atoms with Gasteiger partial charge < -0.3 is 0 Å². The first-order valence-corrected chi connectivity index (χ1v) is 6.35. The highest BCUT2D eigenvalue weighted by Crippen LogP contribution is 2.21. The zero-order chi connectivity index (χ0) is 12.5. The van der Waals surface area contributed by atoms with Gasteiger partial charge >= 0.3 is 0 Å². The fourth-order valence-corrected chi connectivity index (χ4v) is 2.81. The van der Waals surface area contributed by atoms with Crippen molar-refractivity contribution < 1.29 is 17.6 Å². The lowest BCUT2D eigenvalue weighted by Gasteiger charge is -2.14. The molecule has 0 aliphatic carbocycles. The molecule has 0 unspecified atom stereocenters. The van der Waals surface area contributed by atoms with Crippen molar-refractivity contribution in [3.05, 3.63) is 29.6 Å². The standard InChI is InChI=1S/C10H9FN2O3S/c11-10-3-2-9(6-8(10)7-12)17(14,15)13-4-1-5-16-13/h2-3,6H,1,4-5H2. The third-order valence-electron chi connectivity index (χ3n) is 2.34. The molecule has 0 saturated carbocycles. The maximum Gasteiger partial charge on any atom is 0.265 e. The lowest BCUT2D eigenvalue weighted by atomic mass is 10.2. The quantitative estimate of drug-likeness (QED) is 0.792. The minimum absolute atomic E-state index is 0.141. The van der Waals surface area contributed by atoms with Crippen LogP contribution in [0.4, 0.5) is 4.39 Å². The van der Waals surface area contributed by atoms with Gasteiger partial charge in [-0.15, -0.1) is 0 Å². The van der Waals surface area contributed by atoms with E-state index in [1.807, 2.05) is 0 Å². The average molecular weight is 256 g/mol. The number of hydroxylamine groups is 1. The second-order valence-electron chi connectivity index (χ2n) is 3.47. The highest BCUT2D eigenvalue weighted by molar-refractivity contribution is 7.89. The van der Waals surface area contributed by atoms with Gasteiger partial charge in [-0.05, 0) is 24.6 Å². The normalized spacial score (nSPS) is 16.9. The topological polar surface area (TPSA) is 70.4 Å². The van der Waals surface area contributed by atoms with Gasteiger partial charge in [-0.3, -0.25) is 4.84 Å². The van der Waals surface area contributed by atoms with Crippen LogP contribution in [0.1, 0.15) is 12.0 Å². The number of nitriles is 1. The van der Waals surface area contributed by atoms with E-state index in [9.17, 15) is 12.8 Å². The molecule has 1 aromatic rings. The number of halogens is 1. The van der Waals surface area contributed by atoms with E-state index >= 15 is 0 Å². The van der Waals surface area contributed by atoms with E-state index in [4.69, 9.17) is 10.1 Å². The Balaban J connectivity index is 2.43. The van der Waals surface area contributed by atoms with Crippen LogP contribution < -0.4 is 0 Å². The molecule has 17 heavy (non-hydrogen) atoms. The van der Waals surface area contributed by atoms with Gasteiger partial charge in [0.2, 0.25) is 0 Å². The molecule has 0 amide bonds. The smallest absolute Gasteiger partial charge is 0.265 e. The van der Waals surface area contributed by atoms with Crippen LogP contribution in [0.5, 0.6) is 0 Å². The van der Waals surface area contributed by atoms with E-state index < -0.39 is 15.8 Å². The minimum atomic E-state index is -3.79. The summed E-state index contributed by atoms with van der Waals surface area (Å²) in [5, 5.41) is 8.64. The van der Waals surface area contributed by atoms with E-state index in [1.54, 1.807) is 6.07 Å². The van der Waals surface area contributed by atoms with Gasteiger partial charge in [0.05, 0.1) is 17.1 Å². The van der Waals surface area contributed by atoms with Gasteiger partial charge in [-0.1, -0.05) is 4.47 Å². The Kier molecular flexibility index (Phi) is 3.11. The van der Waals surface area contributed by atoms with Crippen molar-refractivity contribution in [2.75, 3.05) is 13.2 Å². The van der Waals surface area contributed by atoms with E-state index in [2.05, 4.69) is 0 Å². The Morgan fingerprint density at radius 1 is 1.47 bits per heavy atom. The Labute approximate surface area is 98.0 Å². The van der Waals surface area contributed by atoms with E-state index in [-0.39, 0.29) is 17.0 Å². The molecule has 90 valence electrons. The molecule has 0 atom stereocenters. The van der Waals surface area contributed by atoms with Crippen LogP contribution in [0, 0.1) is 17.1 Å². The SMILES string of the molecule is N#Cc1cc(S(=O)(=O)N2CCCO2)ccc1F. The third kappa shape index (κ3) is 2.15. The van der Waals surface area contributed by atoms with E-state index in [0.29, 0.717) is 13.0 Å². The molecule has 2 rings (SSSR count). The van der Waals surface area contributed by atoms with Gasteiger partial charge in [-0.2, -0.15) is 5.26 Å². The second kappa shape index (κ2) is 4.41. The first-order valence-electron chi connectivity index (χ1n) is 4.91. The summed E-state index contributed by atoms with van der Waals surface area (Å²) < 4.78 is 37.9. The summed E-state index contributed by atoms with van der Waals surface area (Å²) in [6.07, 6.45) is 0.617. The number of sulfonamides is 1. The number of rotatable bonds is 2. The van der Waals surface area contributed by atoms with Gasteiger partial charge in [0.15, 0.2) is 0 Å². The van der Waals surface area contributed by atoms with Gasteiger partial charge in [-0.25, -0.2) is 12.8 Å².